The van der Waals surface area contributed by atoms with E-state index in [1.165, 1.54) is 0 Å². The predicted octanol–water partition coefficient (Wildman–Crippen LogP) is 1.94. The van der Waals surface area contributed by atoms with Gasteiger partial charge in [0.2, 0.25) is 0 Å². The summed E-state index contributed by atoms with van der Waals surface area (Å²) in [5.74, 6) is -1.10. The van der Waals surface area contributed by atoms with Crippen LogP contribution in [0.25, 0.3) is 5.69 Å². The molecule has 1 aromatic heterocycles. The molecule has 1 amide bonds. The van der Waals surface area contributed by atoms with Crippen LogP contribution in [-0.2, 0) is 6.42 Å². The Bertz CT molecular complexity index is 856. The van der Waals surface area contributed by atoms with Gasteiger partial charge in [-0.3, -0.25) is 9.36 Å². The van der Waals surface area contributed by atoms with Gasteiger partial charge in [0.1, 0.15) is 12.7 Å². The zero-order valence-electron chi connectivity index (χ0n) is 13.3. The van der Waals surface area contributed by atoms with Crippen LogP contribution in [0.5, 0.6) is 0 Å². The lowest BCUT2D eigenvalue weighted by atomic mass is 10.1. The van der Waals surface area contributed by atoms with Gasteiger partial charge < -0.3 is 10.4 Å². The van der Waals surface area contributed by atoms with Gasteiger partial charge in [0.15, 0.2) is 0 Å². The molecule has 1 heterocycles. The largest absolute Gasteiger partial charge is 0.478 e. The normalized spacial score (nSPS) is 10.4. The number of rotatable bonds is 6. The van der Waals surface area contributed by atoms with Gasteiger partial charge >= 0.3 is 5.97 Å². The molecule has 7 heteroatoms. The van der Waals surface area contributed by atoms with Crippen LogP contribution < -0.4 is 5.32 Å². The molecule has 3 rings (SSSR count). The minimum atomic E-state index is -0.949. The van der Waals surface area contributed by atoms with Crippen LogP contribution in [0.2, 0.25) is 0 Å². The number of benzene rings is 2. The number of carbonyl (C=O) groups is 2. The Labute approximate surface area is 143 Å². The van der Waals surface area contributed by atoms with Crippen LogP contribution >= 0.6 is 0 Å². The number of aromatic nitrogens is 3. The molecular formula is C18H16N4O3. The van der Waals surface area contributed by atoms with E-state index in [1.54, 1.807) is 53.6 Å². The minimum absolute atomic E-state index is 0.155. The molecule has 0 saturated carbocycles. The topological polar surface area (TPSA) is 97.1 Å². The fraction of sp³-hybridized carbons (Fsp3) is 0.111. The number of carboxylic acids is 1. The number of amides is 1. The third-order valence-corrected chi connectivity index (χ3v) is 3.75. The molecule has 2 N–H and O–H groups in total. The maximum absolute atomic E-state index is 12.2. The van der Waals surface area contributed by atoms with Crippen LogP contribution in [0.3, 0.4) is 0 Å². The third kappa shape index (κ3) is 4.08. The molecule has 0 aliphatic heterocycles. The number of aromatic carboxylic acids is 1. The highest BCUT2D eigenvalue weighted by Gasteiger charge is 2.06. The molecular weight excluding hydrogens is 320 g/mol. The summed E-state index contributed by atoms with van der Waals surface area (Å²) in [6, 6.07) is 13.8. The van der Waals surface area contributed by atoms with Crippen molar-refractivity contribution >= 4 is 11.9 Å². The van der Waals surface area contributed by atoms with Gasteiger partial charge in [-0.1, -0.05) is 12.1 Å². The van der Waals surface area contributed by atoms with Gasteiger partial charge in [-0.15, -0.1) is 10.2 Å². The van der Waals surface area contributed by atoms with Gasteiger partial charge in [0, 0.05) is 17.8 Å². The molecule has 3 aromatic rings. The van der Waals surface area contributed by atoms with Crippen molar-refractivity contribution in [3.05, 3.63) is 77.9 Å². The van der Waals surface area contributed by atoms with Gasteiger partial charge in [0.05, 0.1) is 5.56 Å². The summed E-state index contributed by atoms with van der Waals surface area (Å²) in [6.45, 7) is 0.471. The lowest BCUT2D eigenvalue weighted by Gasteiger charge is -2.07. The Morgan fingerprint density at radius 3 is 2.12 bits per heavy atom. The Hall–Kier alpha value is -3.48. The molecule has 0 aliphatic rings. The van der Waals surface area contributed by atoms with Crippen LogP contribution in [0.4, 0.5) is 0 Å². The molecule has 0 fully saturated rings. The quantitative estimate of drug-likeness (QED) is 0.717. The van der Waals surface area contributed by atoms with Crippen molar-refractivity contribution in [2.45, 2.75) is 6.42 Å². The molecule has 126 valence electrons. The first-order chi connectivity index (χ1) is 12.1. The Morgan fingerprint density at radius 2 is 1.52 bits per heavy atom. The van der Waals surface area contributed by atoms with Gasteiger partial charge in [-0.25, -0.2) is 4.79 Å². The summed E-state index contributed by atoms with van der Waals surface area (Å²) in [5.41, 5.74) is 2.66. The van der Waals surface area contributed by atoms with Gasteiger partial charge in [-0.05, 0) is 48.4 Å². The van der Waals surface area contributed by atoms with E-state index in [2.05, 4.69) is 15.5 Å². The number of carbonyl (C=O) groups excluding carboxylic acids is 1. The van der Waals surface area contributed by atoms with E-state index in [0.29, 0.717) is 18.5 Å². The zero-order chi connectivity index (χ0) is 17.6. The molecule has 0 aliphatic carbocycles. The molecule has 0 saturated heterocycles. The summed E-state index contributed by atoms with van der Waals surface area (Å²) in [5, 5.41) is 19.2. The minimum Gasteiger partial charge on any atom is -0.478 e. The van der Waals surface area contributed by atoms with E-state index in [-0.39, 0.29) is 11.5 Å². The predicted molar refractivity (Wildman–Crippen MR) is 90.8 cm³/mol. The lowest BCUT2D eigenvalue weighted by Crippen LogP contribution is -2.25. The number of hydrogen-bond acceptors (Lipinski definition) is 4. The van der Waals surface area contributed by atoms with Crippen molar-refractivity contribution in [3.63, 3.8) is 0 Å². The second-order valence-corrected chi connectivity index (χ2v) is 5.42. The third-order valence-electron chi connectivity index (χ3n) is 3.75. The first-order valence-corrected chi connectivity index (χ1v) is 7.69. The fourth-order valence-electron chi connectivity index (χ4n) is 2.36. The van der Waals surface area contributed by atoms with E-state index < -0.39 is 5.97 Å². The van der Waals surface area contributed by atoms with E-state index in [9.17, 15) is 9.59 Å². The lowest BCUT2D eigenvalue weighted by molar-refractivity contribution is 0.0696. The SMILES string of the molecule is O=C(O)c1ccc(CCNC(=O)c2ccc(-n3cnnc3)cc2)cc1. The number of nitrogens with one attached hydrogen (secondary N) is 1. The van der Waals surface area contributed by atoms with Crippen molar-refractivity contribution < 1.29 is 14.7 Å². The highest BCUT2D eigenvalue weighted by atomic mass is 16.4. The molecule has 25 heavy (non-hydrogen) atoms. The molecule has 7 nitrogen and oxygen atoms in total. The summed E-state index contributed by atoms with van der Waals surface area (Å²) < 4.78 is 1.75. The van der Waals surface area contributed by atoms with Crippen molar-refractivity contribution in [1.82, 2.24) is 20.1 Å². The van der Waals surface area contributed by atoms with E-state index >= 15 is 0 Å². The monoisotopic (exact) mass is 336 g/mol. The first kappa shape index (κ1) is 16.4. The number of nitrogens with zero attached hydrogens (tertiary/aromatic N) is 3. The standard InChI is InChI=1S/C18H16N4O3/c23-17(14-5-7-16(8-6-14)22-11-20-21-12-22)19-10-9-13-1-3-15(4-2-13)18(24)25/h1-8,11-12H,9-10H2,(H,19,23)(H,24,25). The van der Waals surface area contributed by atoms with E-state index in [4.69, 9.17) is 5.11 Å². The molecule has 0 bridgehead atoms. The second-order valence-electron chi connectivity index (χ2n) is 5.42. The van der Waals surface area contributed by atoms with Crippen LogP contribution in [0, 0.1) is 0 Å². The number of hydrogen-bond donors (Lipinski definition) is 2. The Kier molecular flexibility index (Phi) is 4.84. The summed E-state index contributed by atoms with van der Waals surface area (Å²) in [6.07, 6.45) is 3.81. The highest BCUT2D eigenvalue weighted by molar-refractivity contribution is 5.94. The molecule has 0 spiro atoms. The van der Waals surface area contributed by atoms with Gasteiger partial charge in [0.25, 0.3) is 5.91 Å². The zero-order valence-corrected chi connectivity index (χ0v) is 13.3. The fourth-order valence-corrected chi connectivity index (χ4v) is 2.36. The highest BCUT2D eigenvalue weighted by Crippen LogP contribution is 2.09. The average Bonchev–Trinajstić information content (AvgIpc) is 3.17. The van der Waals surface area contributed by atoms with Crippen LogP contribution in [-0.4, -0.2) is 38.3 Å². The Balaban J connectivity index is 1.53. The summed E-state index contributed by atoms with van der Waals surface area (Å²) >= 11 is 0. The summed E-state index contributed by atoms with van der Waals surface area (Å²) in [4.78, 5) is 23.0. The van der Waals surface area contributed by atoms with Gasteiger partial charge in [-0.2, -0.15) is 0 Å². The van der Waals surface area contributed by atoms with E-state index in [1.807, 2.05) is 12.1 Å². The maximum Gasteiger partial charge on any atom is 0.335 e. The maximum atomic E-state index is 12.2. The van der Waals surface area contributed by atoms with Crippen LogP contribution in [0.1, 0.15) is 26.3 Å². The molecule has 0 atom stereocenters. The van der Waals surface area contributed by atoms with Crippen molar-refractivity contribution in [3.8, 4) is 5.69 Å². The molecule has 2 aromatic carbocycles. The first-order valence-electron chi connectivity index (χ1n) is 7.69. The Morgan fingerprint density at radius 1 is 0.920 bits per heavy atom. The number of carboxylic acid groups (broad SMARTS) is 1. The smallest absolute Gasteiger partial charge is 0.335 e. The van der Waals surface area contributed by atoms with Crippen molar-refractivity contribution in [2.75, 3.05) is 6.54 Å². The van der Waals surface area contributed by atoms with Crippen molar-refractivity contribution in [1.29, 1.82) is 0 Å². The average molecular weight is 336 g/mol. The van der Waals surface area contributed by atoms with Crippen LogP contribution in [0.15, 0.2) is 61.2 Å². The molecule has 0 radical (unpaired) electrons. The van der Waals surface area contributed by atoms with E-state index in [0.717, 1.165) is 11.3 Å². The summed E-state index contributed by atoms with van der Waals surface area (Å²) in [7, 11) is 0. The van der Waals surface area contributed by atoms with Crippen molar-refractivity contribution in [2.24, 2.45) is 0 Å². The molecule has 0 unspecified atom stereocenters. The second kappa shape index (κ2) is 7.39.